The maximum absolute atomic E-state index is 12.2. The van der Waals surface area contributed by atoms with Crippen molar-refractivity contribution in [2.75, 3.05) is 18.5 Å². The van der Waals surface area contributed by atoms with Crippen molar-refractivity contribution in [3.63, 3.8) is 0 Å². The number of carbonyl (C=O) groups excluding carboxylic acids is 2. The normalized spacial score (nSPS) is 10.2. The van der Waals surface area contributed by atoms with Gasteiger partial charge in [0, 0.05) is 12.1 Å². The summed E-state index contributed by atoms with van der Waals surface area (Å²) in [4.78, 5) is 23.9. The minimum absolute atomic E-state index is 0.106. The maximum atomic E-state index is 12.2. The molecule has 29 heavy (non-hydrogen) atoms. The third kappa shape index (κ3) is 5.94. The number of amides is 1. The third-order valence-electron chi connectivity index (χ3n) is 4.25. The monoisotopic (exact) mass is 389 g/mol. The van der Waals surface area contributed by atoms with Gasteiger partial charge >= 0.3 is 5.97 Å². The standard InChI is InChI=1S/C24H23NO4/c1-2-28-24(27)19-12-14-21(15-13-19)25-23(26)17-29-22-11-7-6-10-20(22)16-18-8-4-3-5-9-18/h3-15H,2,16-17H2,1H3,(H,25,26). The molecule has 0 atom stereocenters. The van der Waals surface area contributed by atoms with Gasteiger partial charge in [-0.25, -0.2) is 4.79 Å². The molecule has 3 aromatic rings. The van der Waals surface area contributed by atoms with Crippen LogP contribution in [-0.2, 0) is 16.0 Å². The van der Waals surface area contributed by atoms with Gasteiger partial charge in [-0.3, -0.25) is 4.79 Å². The molecular formula is C24H23NO4. The Labute approximate surface area is 170 Å². The zero-order chi connectivity index (χ0) is 20.5. The van der Waals surface area contributed by atoms with Crippen molar-refractivity contribution < 1.29 is 19.1 Å². The summed E-state index contributed by atoms with van der Waals surface area (Å²) >= 11 is 0. The number of para-hydroxylation sites is 1. The first kappa shape index (κ1) is 20.1. The molecule has 0 aliphatic heterocycles. The zero-order valence-corrected chi connectivity index (χ0v) is 16.3. The fourth-order valence-corrected chi connectivity index (χ4v) is 2.85. The van der Waals surface area contributed by atoms with Crippen molar-refractivity contribution in [1.29, 1.82) is 0 Å². The smallest absolute Gasteiger partial charge is 0.338 e. The summed E-state index contributed by atoms with van der Waals surface area (Å²) in [7, 11) is 0. The maximum Gasteiger partial charge on any atom is 0.338 e. The lowest BCUT2D eigenvalue weighted by Crippen LogP contribution is -2.20. The van der Waals surface area contributed by atoms with Crippen LogP contribution < -0.4 is 10.1 Å². The van der Waals surface area contributed by atoms with E-state index in [9.17, 15) is 9.59 Å². The number of carbonyl (C=O) groups is 2. The molecular weight excluding hydrogens is 366 g/mol. The van der Waals surface area contributed by atoms with Crippen molar-refractivity contribution in [3.8, 4) is 5.75 Å². The van der Waals surface area contributed by atoms with E-state index in [1.807, 2.05) is 42.5 Å². The molecule has 0 saturated heterocycles. The van der Waals surface area contributed by atoms with Crippen LogP contribution in [0.5, 0.6) is 5.75 Å². The number of benzene rings is 3. The lowest BCUT2D eigenvalue weighted by Gasteiger charge is -2.12. The number of anilines is 1. The van der Waals surface area contributed by atoms with E-state index in [4.69, 9.17) is 9.47 Å². The second-order valence-corrected chi connectivity index (χ2v) is 6.40. The van der Waals surface area contributed by atoms with Crippen molar-refractivity contribution in [2.24, 2.45) is 0 Å². The van der Waals surface area contributed by atoms with Gasteiger partial charge < -0.3 is 14.8 Å². The molecule has 0 bridgehead atoms. The van der Waals surface area contributed by atoms with Crippen LogP contribution in [0, 0.1) is 0 Å². The van der Waals surface area contributed by atoms with Gasteiger partial charge in [-0.2, -0.15) is 0 Å². The Morgan fingerprint density at radius 2 is 1.55 bits per heavy atom. The molecule has 0 aliphatic carbocycles. The molecule has 1 amide bonds. The Hall–Kier alpha value is -3.60. The van der Waals surface area contributed by atoms with Gasteiger partial charge in [0.2, 0.25) is 0 Å². The van der Waals surface area contributed by atoms with Crippen LogP contribution in [-0.4, -0.2) is 25.1 Å². The molecule has 3 aromatic carbocycles. The summed E-state index contributed by atoms with van der Waals surface area (Å²) in [6.45, 7) is 1.97. The van der Waals surface area contributed by atoms with Crippen molar-refractivity contribution in [2.45, 2.75) is 13.3 Å². The molecule has 0 aromatic heterocycles. The molecule has 3 rings (SSSR count). The molecule has 0 aliphatic rings. The average Bonchev–Trinajstić information content (AvgIpc) is 2.74. The molecule has 1 N–H and O–H groups in total. The summed E-state index contributed by atoms with van der Waals surface area (Å²) in [6.07, 6.45) is 0.730. The highest BCUT2D eigenvalue weighted by molar-refractivity contribution is 5.93. The van der Waals surface area contributed by atoms with Crippen molar-refractivity contribution in [1.82, 2.24) is 0 Å². The van der Waals surface area contributed by atoms with E-state index in [1.54, 1.807) is 31.2 Å². The van der Waals surface area contributed by atoms with Gasteiger partial charge in [0.1, 0.15) is 5.75 Å². The van der Waals surface area contributed by atoms with Gasteiger partial charge in [0.25, 0.3) is 5.91 Å². The molecule has 0 fully saturated rings. The Balaban J connectivity index is 1.56. The summed E-state index contributed by atoms with van der Waals surface area (Å²) in [5, 5.41) is 2.76. The molecule has 5 nitrogen and oxygen atoms in total. The summed E-state index contributed by atoms with van der Waals surface area (Å²) < 4.78 is 10.7. The predicted molar refractivity (Wildman–Crippen MR) is 112 cm³/mol. The molecule has 0 heterocycles. The largest absolute Gasteiger partial charge is 0.483 e. The fourth-order valence-electron chi connectivity index (χ4n) is 2.85. The number of hydrogen-bond acceptors (Lipinski definition) is 4. The van der Waals surface area contributed by atoms with Crippen molar-refractivity contribution in [3.05, 3.63) is 95.6 Å². The first-order valence-corrected chi connectivity index (χ1v) is 9.47. The van der Waals surface area contributed by atoms with E-state index in [-0.39, 0.29) is 18.5 Å². The van der Waals surface area contributed by atoms with Crippen LogP contribution >= 0.6 is 0 Å². The SMILES string of the molecule is CCOC(=O)c1ccc(NC(=O)COc2ccccc2Cc2ccccc2)cc1. The van der Waals surface area contributed by atoms with E-state index in [0.29, 0.717) is 23.6 Å². The number of esters is 1. The van der Waals surface area contributed by atoms with E-state index in [0.717, 1.165) is 12.0 Å². The lowest BCUT2D eigenvalue weighted by molar-refractivity contribution is -0.118. The molecule has 0 spiro atoms. The molecule has 0 radical (unpaired) electrons. The minimum Gasteiger partial charge on any atom is -0.483 e. The van der Waals surface area contributed by atoms with E-state index in [1.165, 1.54) is 5.56 Å². The Kier molecular flexibility index (Phi) is 7.00. The third-order valence-corrected chi connectivity index (χ3v) is 4.25. The Morgan fingerprint density at radius 3 is 2.28 bits per heavy atom. The second-order valence-electron chi connectivity index (χ2n) is 6.40. The van der Waals surface area contributed by atoms with Crippen LogP contribution in [0.25, 0.3) is 0 Å². The topological polar surface area (TPSA) is 64.6 Å². The van der Waals surface area contributed by atoms with E-state index < -0.39 is 0 Å². The van der Waals surface area contributed by atoms with Crippen LogP contribution in [0.1, 0.15) is 28.4 Å². The van der Waals surface area contributed by atoms with Gasteiger partial charge in [0.15, 0.2) is 6.61 Å². The van der Waals surface area contributed by atoms with Crippen LogP contribution in [0.3, 0.4) is 0 Å². The van der Waals surface area contributed by atoms with Crippen LogP contribution in [0.4, 0.5) is 5.69 Å². The molecule has 0 saturated carbocycles. The second kappa shape index (κ2) is 10.1. The van der Waals surface area contributed by atoms with Crippen molar-refractivity contribution >= 4 is 17.6 Å². The zero-order valence-electron chi connectivity index (χ0n) is 16.3. The van der Waals surface area contributed by atoms with Gasteiger partial charge in [-0.15, -0.1) is 0 Å². The van der Waals surface area contributed by atoms with Gasteiger partial charge in [0.05, 0.1) is 12.2 Å². The fraction of sp³-hybridized carbons (Fsp3) is 0.167. The average molecular weight is 389 g/mol. The quantitative estimate of drug-likeness (QED) is 0.577. The molecule has 5 heteroatoms. The lowest BCUT2D eigenvalue weighted by atomic mass is 10.0. The Morgan fingerprint density at radius 1 is 0.862 bits per heavy atom. The highest BCUT2D eigenvalue weighted by Crippen LogP contribution is 2.21. The highest BCUT2D eigenvalue weighted by atomic mass is 16.5. The van der Waals surface area contributed by atoms with Gasteiger partial charge in [-0.05, 0) is 48.4 Å². The van der Waals surface area contributed by atoms with Crippen LogP contribution in [0.2, 0.25) is 0 Å². The summed E-state index contributed by atoms with van der Waals surface area (Å²) in [5.41, 5.74) is 3.22. The molecule has 0 unspecified atom stereocenters. The first-order chi connectivity index (χ1) is 14.2. The highest BCUT2D eigenvalue weighted by Gasteiger charge is 2.09. The van der Waals surface area contributed by atoms with Crippen LogP contribution in [0.15, 0.2) is 78.9 Å². The number of rotatable bonds is 8. The summed E-state index contributed by atoms with van der Waals surface area (Å²) in [5.74, 6) is 0.0243. The first-order valence-electron chi connectivity index (χ1n) is 9.47. The predicted octanol–water partition coefficient (Wildman–Crippen LogP) is 4.47. The van der Waals surface area contributed by atoms with E-state index in [2.05, 4.69) is 17.4 Å². The van der Waals surface area contributed by atoms with E-state index >= 15 is 0 Å². The Bertz CT molecular complexity index is 952. The summed E-state index contributed by atoms with van der Waals surface area (Å²) in [6, 6.07) is 24.3. The molecule has 148 valence electrons. The number of hydrogen-bond donors (Lipinski definition) is 1. The minimum atomic E-state index is -0.385. The number of ether oxygens (including phenoxy) is 2. The number of nitrogens with one attached hydrogen (secondary N) is 1. The van der Waals surface area contributed by atoms with Gasteiger partial charge in [-0.1, -0.05) is 48.5 Å².